The second kappa shape index (κ2) is 10.3. The van der Waals surface area contributed by atoms with Gasteiger partial charge in [0.05, 0.1) is 24.9 Å². The van der Waals surface area contributed by atoms with E-state index >= 15 is 0 Å². The molecule has 2 aromatic rings. The summed E-state index contributed by atoms with van der Waals surface area (Å²) in [6.07, 6.45) is 1.21. The predicted molar refractivity (Wildman–Crippen MR) is 110 cm³/mol. The smallest absolute Gasteiger partial charge is 0.340 e. The molecule has 0 bridgehead atoms. The van der Waals surface area contributed by atoms with Crippen molar-refractivity contribution in [3.8, 4) is 11.5 Å². The Morgan fingerprint density at radius 2 is 1.80 bits per heavy atom. The van der Waals surface area contributed by atoms with Gasteiger partial charge < -0.3 is 24.4 Å². The first-order valence-electron chi connectivity index (χ1n) is 9.69. The zero-order chi connectivity index (χ0) is 21.3. The maximum Gasteiger partial charge on any atom is 0.340 e. The van der Waals surface area contributed by atoms with Gasteiger partial charge in [-0.25, -0.2) is 4.79 Å². The number of carbonyl (C=O) groups is 3. The Morgan fingerprint density at radius 3 is 2.53 bits per heavy atom. The number of hydrogen-bond acceptors (Lipinski definition) is 6. The molecule has 0 radical (unpaired) electrons. The third-order valence-electron chi connectivity index (χ3n) is 4.57. The van der Waals surface area contributed by atoms with Gasteiger partial charge in [0.1, 0.15) is 6.61 Å². The van der Waals surface area contributed by atoms with Crippen LogP contribution in [0.4, 0.5) is 5.69 Å². The summed E-state index contributed by atoms with van der Waals surface area (Å²) in [5, 5.41) is 2.63. The zero-order valence-corrected chi connectivity index (χ0v) is 16.8. The van der Waals surface area contributed by atoms with Gasteiger partial charge in [-0.1, -0.05) is 24.3 Å². The molecule has 1 N–H and O–H groups in total. The van der Waals surface area contributed by atoms with Gasteiger partial charge in [0.25, 0.3) is 5.91 Å². The summed E-state index contributed by atoms with van der Waals surface area (Å²) in [7, 11) is 1.55. The Bertz CT molecular complexity index is 914. The molecule has 0 atom stereocenters. The average molecular weight is 412 g/mol. The number of nitrogens with zero attached hydrogens (tertiary/aromatic N) is 1. The van der Waals surface area contributed by atoms with E-state index in [1.54, 1.807) is 48.4 Å². The Morgan fingerprint density at radius 1 is 1.07 bits per heavy atom. The summed E-state index contributed by atoms with van der Waals surface area (Å²) >= 11 is 0. The van der Waals surface area contributed by atoms with Crippen molar-refractivity contribution < 1.29 is 28.6 Å². The second-order valence-electron chi connectivity index (χ2n) is 6.59. The number of ether oxygens (including phenoxy) is 3. The number of anilines is 1. The van der Waals surface area contributed by atoms with Gasteiger partial charge in [-0.2, -0.15) is 0 Å². The molecule has 1 aliphatic heterocycles. The Kier molecular flexibility index (Phi) is 7.26. The highest BCUT2D eigenvalue weighted by atomic mass is 16.5. The van der Waals surface area contributed by atoms with E-state index < -0.39 is 18.5 Å². The van der Waals surface area contributed by atoms with E-state index in [0.29, 0.717) is 30.2 Å². The van der Waals surface area contributed by atoms with Crippen molar-refractivity contribution in [2.45, 2.75) is 12.8 Å². The van der Waals surface area contributed by atoms with Crippen molar-refractivity contribution in [1.29, 1.82) is 0 Å². The van der Waals surface area contributed by atoms with Gasteiger partial charge in [0.15, 0.2) is 18.1 Å². The van der Waals surface area contributed by atoms with Crippen molar-refractivity contribution >= 4 is 23.5 Å². The van der Waals surface area contributed by atoms with Crippen LogP contribution in [0.15, 0.2) is 48.5 Å². The van der Waals surface area contributed by atoms with Crippen LogP contribution in [0.1, 0.15) is 23.2 Å². The average Bonchev–Trinajstić information content (AvgIpc) is 3.21. The predicted octanol–water partition coefficient (Wildman–Crippen LogP) is 2.17. The van der Waals surface area contributed by atoms with E-state index in [9.17, 15) is 14.4 Å². The van der Waals surface area contributed by atoms with E-state index in [1.807, 2.05) is 12.1 Å². The van der Waals surface area contributed by atoms with E-state index in [0.717, 1.165) is 6.42 Å². The van der Waals surface area contributed by atoms with Gasteiger partial charge in [0.2, 0.25) is 5.91 Å². The van der Waals surface area contributed by atoms with Crippen LogP contribution in [0.25, 0.3) is 0 Å². The molecule has 2 aromatic carbocycles. The fourth-order valence-corrected chi connectivity index (χ4v) is 3.13. The monoisotopic (exact) mass is 412 g/mol. The summed E-state index contributed by atoms with van der Waals surface area (Å²) in [5.41, 5.74) is 0.774. The van der Waals surface area contributed by atoms with Crippen molar-refractivity contribution in [2.75, 3.05) is 38.3 Å². The fraction of sp³-hybridized carbons (Fsp3) is 0.318. The molecule has 0 spiro atoms. The topological polar surface area (TPSA) is 94.2 Å². The molecule has 30 heavy (non-hydrogen) atoms. The standard InChI is InChI=1S/C22H24N2O6/c1-28-18-9-4-5-10-19(18)29-14-12-23-20(25)15-30-22(27)16-7-2-3-8-17(16)24-13-6-11-21(24)26/h2-5,7-10H,6,11-15H2,1H3,(H,23,25). The maximum atomic E-state index is 12.4. The molecule has 1 saturated heterocycles. The molecule has 2 amide bonds. The SMILES string of the molecule is COc1ccccc1OCCNC(=O)COC(=O)c1ccccc1N1CCCC1=O. The minimum Gasteiger partial charge on any atom is -0.493 e. The number of methoxy groups -OCH3 is 1. The minimum absolute atomic E-state index is 0.0250. The third-order valence-corrected chi connectivity index (χ3v) is 4.57. The Hall–Kier alpha value is -3.55. The Balaban J connectivity index is 1.45. The number of carbonyl (C=O) groups excluding carboxylic acids is 3. The van der Waals surface area contributed by atoms with Gasteiger partial charge in [-0.15, -0.1) is 0 Å². The number of amides is 2. The van der Waals surface area contributed by atoms with Crippen molar-refractivity contribution in [3.05, 3.63) is 54.1 Å². The van der Waals surface area contributed by atoms with Crippen LogP contribution in [-0.2, 0) is 14.3 Å². The molecule has 3 rings (SSSR count). The summed E-state index contributed by atoms with van der Waals surface area (Å²) < 4.78 is 15.9. The molecule has 1 aliphatic rings. The van der Waals surface area contributed by atoms with E-state index in [4.69, 9.17) is 14.2 Å². The summed E-state index contributed by atoms with van der Waals surface area (Å²) in [6, 6.07) is 13.9. The molecule has 8 nitrogen and oxygen atoms in total. The van der Waals surface area contributed by atoms with Crippen molar-refractivity contribution in [2.24, 2.45) is 0 Å². The first-order chi connectivity index (χ1) is 14.6. The molecule has 1 heterocycles. The minimum atomic E-state index is -0.647. The first kappa shape index (κ1) is 21.2. The highest BCUT2D eigenvalue weighted by Gasteiger charge is 2.26. The van der Waals surface area contributed by atoms with Crippen molar-refractivity contribution in [3.63, 3.8) is 0 Å². The van der Waals surface area contributed by atoms with Crippen LogP contribution in [0, 0.1) is 0 Å². The number of rotatable bonds is 9. The fourth-order valence-electron chi connectivity index (χ4n) is 3.13. The highest BCUT2D eigenvalue weighted by molar-refractivity contribution is 6.03. The summed E-state index contributed by atoms with van der Waals surface area (Å²) in [5.74, 6) is 0.0668. The molecule has 8 heteroatoms. The molecule has 0 aromatic heterocycles. The normalized spacial score (nSPS) is 13.1. The largest absolute Gasteiger partial charge is 0.493 e. The van der Waals surface area contributed by atoms with E-state index in [-0.39, 0.29) is 24.6 Å². The summed E-state index contributed by atoms with van der Waals surface area (Å²) in [6.45, 7) is 0.624. The molecular formula is C22H24N2O6. The zero-order valence-electron chi connectivity index (χ0n) is 16.8. The molecule has 0 unspecified atom stereocenters. The second-order valence-corrected chi connectivity index (χ2v) is 6.59. The molecule has 0 saturated carbocycles. The van der Waals surface area contributed by atoms with Crippen LogP contribution in [0.3, 0.4) is 0 Å². The van der Waals surface area contributed by atoms with Crippen LogP contribution < -0.4 is 19.7 Å². The maximum absolute atomic E-state index is 12.4. The molecule has 158 valence electrons. The quantitative estimate of drug-likeness (QED) is 0.501. The van der Waals surface area contributed by atoms with Crippen molar-refractivity contribution in [1.82, 2.24) is 5.32 Å². The number of nitrogens with one attached hydrogen (secondary N) is 1. The lowest BCUT2D eigenvalue weighted by Gasteiger charge is -2.18. The molecule has 0 aliphatic carbocycles. The number of hydrogen-bond donors (Lipinski definition) is 1. The van der Waals surface area contributed by atoms with E-state index in [1.165, 1.54) is 0 Å². The summed E-state index contributed by atoms with van der Waals surface area (Å²) in [4.78, 5) is 38.0. The van der Waals surface area contributed by atoms with Crippen LogP contribution in [0.5, 0.6) is 11.5 Å². The van der Waals surface area contributed by atoms with Gasteiger partial charge in [-0.3, -0.25) is 9.59 Å². The van der Waals surface area contributed by atoms with E-state index in [2.05, 4.69) is 5.32 Å². The first-order valence-corrected chi connectivity index (χ1v) is 9.69. The number of esters is 1. The highest BCUT2D eigenvalue weighted by Crippen LogP contribution is 2.26. The van der Waals surface area contributed by atoms with Crippen LogP contribution >= 0.6 is 0 Å². The van der Waals surface area contributed by atoms with Gasteiger partial charge >= 0.3 is 5.97 Å². The number of benzene rings is 2. The lowest BCUT2D eigenvalue weighted by atomic mass is 10.1. The molecule has 1 fully saturated rings. The lowest BCUT2D eigenvalue weighted by Crippen LogP contribution is -2.32. The molecular weight excluding hydrogens is 388 g/mol. The van der Waals surface area contributed by atoms with Crippen LogP contribution in [-0.4, -0.2) is 51.2 Å². The number of para-hydroxylation sites is 3. The third kappa shape index (κ3) is 5.28. The lowest BCUT2D eigenvalue weighted by molar-refractivity contribution is -0.124. The van der Waals surface area contributed by atoms with Crippen LogP contribution in [0.2, 0.25) is 0 Å². The Labute approximate surface area is 174 Å². The van der Waals surface area contributed by atoms with Gasteiger partial charge in [-0.05, 0) is 30.7 Å². The van der Waals surface area contributed by atoms with Gasteiger partial charge in [0, 0.05) is 13.0 Å².